The maximum atomic E-state index is 12.8. The van der Waals surface area contributed by atoms with Gasteiger partial charge in [0, 0.05) is 18.8 Å². The third-order valence-electron chi connectivity index (χ3n) is 4.50. The van der Waals surface area contributed by atoms with Crippen LogP contribution >= 0.6 is 0 Å². The lowest BCUT2D eigenvalue weighted by atomic mass is 10.1. The molecule has 0 radical (unpaired) electrons. The number of hydrogen-bond acceptors (Lipinski definition) is 5. The van der Waals surface area contributed by atoms with Gasteiger partial charge < -0.3 is 10.1 Å². The number of esters is 1. The maximum absolute atomic E-state index is 12.8. The molecule has 156 valence electrons. The zero-order valence-electron chi connectivity index (χ0n) is 17.1. The molecule has 8 heteroatoms. The van der Waals surface area contributed by atoms with E-state index < -0.39 is 28.5 Å². The van der Waals surface area contributed by atoms with Gasteiger partial charge in [-0.05, 0) is 43.2 Å². The maximum Gasteiger partial charge on any atom is 0.338 e. The van der Waals surface area contributed by atoms with Crippen molar-refractivity contribution in [2.45, 2.75) is 32.6 Å². The monoisotopic (exact) mass is 418 g/mol. The fourth-order valence-electron chi connectivity index (χ4n) is 2.82. The van der Waals surface area contributed by atoms with Crippen LogP contribution in [0.2, 0.25) is 0 Å². The van der Waals surface area contributed by atoms with Gasteiger partial charge in [-0.25, -0.2) is 13.2 Å². The van der Waals surface area contributed by atoms with Gasteiger partial charge in [0.25, 0.3) is 5.91 Å². The number of para-hydroxylation sites is 1. The zero-order chi connectivity index (χ0) is 21.6. The summed E-state index contributed by atoms with van der Waals surface area (Å²) in [6, 6.07) is 11.6. The van der Waals surface area contributed by atoms with Gasteiger partial charge in [0.15, 0.2) is 6.61 Å². The highest BCUT2D eigenvalue weighted by atomic mass is 32.2. The number of benzene rings is 2. The average Bonchev–Trinajstić information content (AvgIpc) is 2.69. The Morgan fingerprint density at radius 1 is 1.00 bits per heavy atom. The van der Waals surface area contributed by atoms with Gasteiger partial charge in [-0.15, -0.1) is 0 Å². The molecule has 0 saturated carbocycles. The first-order valence-corrected chi connectivity index (χ1v) is 10.8. The lowest BCUT2D eigenvalue weighted by Gasteiger charge is -2.20. The molecule has 0 bridgehead atoms. The van der Waals surface area contributed by atoms with Crippen LogP contribution in [0.5, 0.6) is 0 Å². The van der Waals surface area contributed by atoms with E-state index in [1.54, 1.807) is 39.0 Å². The number of ether oxygens (including phenoxy) is 1. The second-order valence-corrected chi connectivity index (χ2v) is 8.42. The van der Waals surface area contributed by atoms with E-state index in [2.05, 4.69) is 5.32 Å². The zero-order valence-corrected chi connectivity index (χ0v) is 17.9. The third-order valence-corrected chi connectivity index (χ3v) is 6.69. The molecule has 2 aromatic carbocycles. The predicted molar refractivity (Wildman–Crippen MR) is 111 cm³/mol. The highest BCUT2D eigenvalue weighted by molar-refractivity contribution is 7.89. The number of sulfonamides is 1. The minimum atomic E-state index is -3.72. The normalized spacial score (nSPS) is 11.3. The molecule has 0 aliphatic rings. The molecule has 0 spiro atoms. The Balaban J connectivity index is 2.12. The Kier molecular flexibility index (Phi) is 7.53. The summed E-state index contributed by atoms with van der Waals surface area (Å²) in [5, 5.41) is 2.67. The molecule has 0 aromatic heterocycles. The molecular formula is C21H26N2O5S. The molecule has 29 heavy (non-hydrogen) atoms. The third kappa shape index (κ3) is 5.42. The van der Waals surface area contributed by atoms with Gasteiger partial charge in [-0.3, -0.25) is 4.79 Å². The van der Waals surface area contributed by atoms with E-state index in [4.69, 9.17) is 4.74 Å². The summed E-state index contributed by atoms with van der Waals surface area (Å²) in [5.74, 6) is -1.24. The predicted octanol–water partition coefficient (Wildman–Crippen LogP) is 3.13. The molecule has 0 heterocycles. The van der Waals surface area contributed by atoms with Crippen LogP contribution in [0.4, 0.5) is 5.69 Å². The van der Waals surface area contributed by atoms with Gasteiger partial charge in [-0.2, -0.15) is 4.31 Å². The molecule has 0 saturated heterocycles. The van der Waals surface area contributed by atoms with Crippen molar-refractivity contribution in [2.24, 2.45) is 0 Å². The number of aryl methyl sites for hydroxylation is 2. The highest BCUT2D eigenvalue weighted by Crippen LogP contribution is 2.22. The SMILES string of the molecule is CCN(CC)S(=O)(=O)c1cc(C(=O)OCC(=O)Nc2ccccc2C)ccc1C. The molecule has 0 aliphatic heterocycles. The Morgan fingerprint density at radius 3 is 2.28 bits per heavy atom. The van der Waals surface area contributed by atoms with Crippen molar-refractivity contribution in [2.75, 3.05) is 25.0 Å². The number of nitrogens with one attached hydrogen (secondary N) is 1. The number of nitrogens with zero attached hydrogens (tertiary/aromatic N) is 1. The van der Waals surface area contributed by atoms with Crippen molar-refractivity contribution >= 4 is 27.6 Å². The Hall–Kier alpha value is -2.71. The second kappa shape index (κ2) is 9.67. The molecule has 2 aromatic rings. The summed E-state index contributed by atoms with van der Waals surface area (Å²) < 4.78 is 32.0. The van der Waals surface area contributed by atoms with E-state index in [1.165, 1.54) is 16.4 Å². The largest absolute Gasteiger partial charge is 0.452 e. The van der Waals surface area contributed by atoms with Crippen molar-refractivity contribution in [3.63, 3.8) is 0 Å². The summed E-state index contributed by atoms with van der Waals surface area (Å²) in [6.45, 7) is 7.20. The summed E-state index contributed by atoms with van der Waals surface area (Å²) in [5.41, 5.74) is 2.13. The summed E-state index contributed by atoms with van der Waals surface area (Å²) in [4.78, 5) is 24.5. The van der Waals surface area contributed by atoms with Crippen molar-refractivity contribution in [1.29, 1.82) is 0 Å². The number of carbonyl (C=O) groups excluding carboxylic acids is 2. The number of anilines is 1. The average molecular weight is 419 g/mol. The van der Waals surface area contributed by atoms with Crippen LogP contribution in [0.15, 0.2) is 47.4 Å². The van der Waals surface area contributed by atoms with Crippen molar-refractivity contribution < 1.29 is 22.7 Å². The van der Waals surface area contributed by atoms with E-state index in [-0.39, 0.29) is 10.5 Å². The molecule has 2 rings (SSSR count). The smallest absolute Gasteiger partial charge is 0.338 e. The van der Waals surface area contributed by atoms with Gasteiger partial charge in [-0.1, -0.05) is 38.1 Å². The molecular weight excluding hydrogens is 392 g/mol. The summed E-state index contributed by atoms with van der Waals surface area (Å²) >= 11 is 0. The Morgan fingerprint density at radius 2 is 1.66 bits per heavy atom. The quantitative estimate of drug-likeness (QED) is 0.665. The Bertz CT molecular complexity index is 998. The van der Waals surface area contributed by atoms with E-state index >= 15 is 0 Å². The van der Waals surface area contributed by atoms with Crippen LogP contribution in [0.25, 0.3) is 0 Å². The minimum Gasteiger partial charge on any atom is -0.452 e. The Labute approximate surface area is 171 Å². The lowest BCUT2D eigenvalue weighted by molar-refractivity contribution is -0.119. The van der Waals surface area contributed by atoms with E-state index in [0.717, 1.165) is 5.56 Å². The van der Waals surface area contributed by atoms with Crippen LogP contribution in [-0.2, 0) is 19.6 Å². The van der Waals surface area contributed by atoms with Crippen LogP contribution < -0.4 is 5.32 Å². The van der Waals surface area contributed by atoms with Crippen LogP contribution in [0.3, 0.4) is 0 Å². The standard InChI is InChI=1S/C21H26N2O5S/c1-5-23(6-2)29(26,27)19-13-17(12-11-16(19)4)21(25)28-14-20(24)22-18-10-8-7-9-15(18)3/h7-13H,5-6,14H2,1-4H3,(H,22,24). The van der Waals surface area contributed by atoms with Gasteiger partial charge >= 0.3 is 5.97 Å². The first-order valence-electron chi connectivity index (χ1n) is 9.34. The topological polar surface area (TPSA) is 92.8 Å². The van der Waals surface area contributed by atoms with Crippen LogP contribution in [0.1, 0.15) is 35.3 Å². The number of rotatable bonds is 8. The molecule has 7 nitrogen and oxygen atoms in total. The number of carbonyl (C=O) groups is 2. The van der Waals surface area contributed by atoms with Crippen molar-refractivity contribution in [3.05, 3.63) is 59.2 Å². The molecule has 0 fully saturated rings. The molecule has 0 aliphatic carbocycles. The van der Waals surface area contributed by atoms with E-state index in [9.17, 15) is 18.0 Å². The van der Waals surface area contributed by atoms with Crippen LogP contribution in [0, 0.1) is 13.8 Å². The van der Waals surface area contributed by atoms with E-state index in [1.807, 2.05) is 19.1 Å². The highest BCUT2D eigenvalue weighted by Gasteiger charge is 2.25. The fourth-order valence-corrected chi connectivity index (χ4v) is 4.53. The molecule has 0 atom stereocenters. The summed E-state index contributed by atoms with van der Waals surface area (Å²) in [7, 11) is -3.72. The molecule has 1 amide bonds. The second-order valence-electron chi connectivity index (χ2n) is 6.51. The lowest BCUT2D eigenvalue weighted by Crippen LogP contribution is -2.31. The number of amides is 1. The minimum absolute atomic E-state index is 0.0556. The van der Waals surface area contributed by atoms with Crippen molar-refractivity contribution in [3.8, 4) is 0 Å². The van der Waals surface area contributed by atoms with Crippen LogP contribution in [-0.4, -0.2) is 44.3 Å². The van der Waals surface area contributed by atoms with Gasteiger partial charge in [0.2, 0.25) is 10.0 Å². The van der Waals surface area contributed by atoms with Gasteiger partial charge in [0.05, 0.1) is 10.5 Å². The van der Waals surface area contributed by atoms with E-state index in [0.29, 0.717) is 24.3 Å². The fraction of sp³-hybridized carbons (Fsp3) is 0.333. The summed E-state index contributed by atoms with van der Waals surface area (Å²) in [6.07, 6.45) is 0. The number of hydrogen-bond donors (Lipinski definition) is 1. The van der Waals surface area contributed by atoms with Gasteiger partial charge in [0.1, 0.15) is 0 Å². The first kappa shape index (κ1) is 22.6. The first-order chi connectivity index (χ1) is 13.7. The van der Waals surface area contributed by atoms with Crippen molar-refractivity contribution in [1.82, 2.24) is 4.31 Å². The molecule has 0 unspecified atom stereocenters. The molecule has 1 N–H and O–H groups in total.